The fourth-order valence-corrected chi connectivity index (χ4v) is 4.40. The Kier molecular flexibility index (Phi) is 4.16. The van der Waals surface area contributed by atoms with Crippen LogP contribution in [0.1, 0.15) is 37.8 Å². The average Bonchev–Trinajstić information content (AvgIpc) is 3.26. The van der Waals surface area contributed by atoms with Crippen molar-refractivity contribution in [1.82, 2.24) is 15.1 Å². The van der Waals surface area contributed by atoms with Crippen molar-refractivity contribution in [2.75, 3.05) is 37.7 Å². The number of likely N-dealkylation sites (tertiary alicyclic amines) is 1. The summed E-state index contributed by atoms with van der Waals surface area (Å²) in [6.07, 6.45) is 5.13. The quantitative estimate of drug-likeness (QED) is 0.827. The third-order valence-corrected chi connectivity index (χ3v) is 5.72. The Hall–Kier alpha value is -1.69. The third kappa shape index (κ3) is 2.99. The van der Waals surface area contributed by atoms with E-state index in [1.165, 1.54) is 6.42 Å². The number of piperidine rings is 1. The Balaban J connectivity index is 1.43. The van der Waals surface area contributed by atoms with Crippen LogP contribution >= 0.6 is 0 Å². The molecule has 3 aliphatic rings. The number of anilines is 1. The van der Waals surface area contributed by atoms with E-state index in [0.29, 0.717) is 0 Å². The van der Waals surface area contributed by atoms with Crippen LogP contribution in [0.5, 0.6) is 0 Å². The molecule has 0 N–H and O–H groups in total. The van der Waals surface area contributed by atoms with Crippen LogP contribution in [0.2, 0.25) is 0 Å². The lowest BCUT2D eigenvalue weighted by atomic mass is 9.79. The highest BCUT2D eigenvalue weighted by Gasteiger charge is 2.44. The van der Waals surface area contributed by atoms with Crippen molar-refractivity contribution in [3.63, 3.8) is 0 Å². The van der Waals surface area contributed by atoms with Gasteiger partial charge in [0.25, 0.3) is 5.91 Å². The predicted molar refractivity (Wildman–Crippen MR) is 90.8 cm³/mol. The molecule has 4 heterocycles. The number of hydrogen-bond donors (Lipinski definition) is 0. The van der Waals surface area contributed by atoms with Gasteiger partial charge in [-0.25, -0.2) is 0 Å². The molecule has 130 valence electrons. The lowest BCUT2D eigenvalue weighted by molar-refractivity contribution is -0.140. The van der Waals surface area contributed by atoms with Gasteiger partial charge in [0, 0.05) is 38.2 Å². The Morgan fingerprint density at radius 1 is 1.21 bits per heavy atom. The van der Waals surface area contributed by atoms with Crippen LogP contribution in [0.4, 0.5) is 5.82 Å². The van der Waals surface area contributed by atoms with Crippen LogP contribution in [-0.4, -0.2) is 59.9 Å². The zero-order valence-corrected chi connectivity index (χ0v) is 14.4. The highest BCUT2D eigenvalue weighted by Crippen LogP contribution is 2.40. The second-order valence-electron chi connectivity index (χ2n) is 7.57. The SMILES string of the molecule is Cc1ccc(N2CCC[C@@]3(CCN(C(=O)[C@H]4CCCO4)C3)C2)nn1. The van der Waals surface area contributed by atoms with Crippen molar-refractivity contribution >= 4 is 11.7 Å². The number of aryl methyl sites for hydroxylation is 1. The van der Waals surface area contributed by atoms with Crippen LogP contribution < -0.4 is 4.90 Å². The van der Waals surface area contributed by atoms with E-state index in [1.54, 1.807) is 0 Å². The van der Waals surface area contributed by atoms with Gasteiger partial charge >= 0.3 is 0 Å². The van der Waals surface area contributed by atoms with Crippen LogP contribution in [-0.2, 0) is 9.53 Å². The monoisotopic (exact) mass is 330 g/mol. The molecule has 3 saturated heterocycles. The van der Waals surface area contributed by atoms with Crippen LogP contribution in [0, 0.1) is 12.3 Å². The highest BCUT2D eigenvalue weighted by atomic mass is 16.5. The Bertz CT molecular complexity index is 600. The number of carbonyl (C=O) groups excluding carboxylic acids is 1. The van der Waals surface area contributed by atoms with E-state index in [2.05, 4.69) is 21.2 Å². The summed E-state index contributed by atoms with van der Waals surface area (Å²) in [5.41, 5.74) is 1.15. The van der Waals surface area contributed by atoms with E-state index >= 15 is 0 Å². The topological polar surface area (TPSA) is 58.6 Å². The first kappa shape index (κ1) is 15.8. The van der Waals surface area contributed by atoms with Crippen molar-refractivity contribution in [2.24, 2.45) is 5.41 Å². The maximum Gasteiger partial charge on any atom is 0.251 e. The van der Waals surface area contributed by atoms with E-state index in [4.69, 9.17) is 4.74 Å². The zero-order valence-electron chi connectivity index (χ0n) is 14.4. The van der Waals surface area contributed by atoms with Crippen LogP contribution in [0.25, 0.3) is 0 Å². The molecule has 1 aromatic rings. The minimum atomic E-state index is -0.192. The standard InChI is InChI=1S/C18H26N4O2/c1-14-5-6-16(20-19-14)21-9-3-7-18(12-21)8-10-22(13-18)17(23)15-4-2-11-24-15/h5-6,15H,2-4,7-13H2,1H3/t15-,18-/m1/s1. The molecule has 0 aromatic carbocycles. The van der Waals surface area contributed by atoms with Gasteiger partial charge in [0.05, 0.1) is 5.69 Å². The molecular weight excluding hydrogens is 304 g/mol. The summed E-state index contributed by atoms with van der Waals surface area (Å²) in [4.78, 5) is 17.0. The van der Waals surface area contributed by atoms with Crippen molar-refractivity contribution < 1.29 is 9.53 Å². The first-order valence-corrected chi connectivity index (χ1v) is 9.11. The van der Waals surface area contributed by atoms with Gasteiger partial charge in [-0.15, -0.1) is 5.10 Å². The van der Waals surface area contributed by atoms with Crippen molar-refractivity contribution in [1.29, 1.82) is 0 Å². The first-order chi connectivity index (χ1) is 11.7. The number of hydrogen-bond acceptors (Lipinski definition) is 5. The van der Waals surface area contributed by atoms with Gasteiger partial charge in [-0.05, 0) is 51.2 Å². The van der Waals surface area contributed by atoms with E-state index < -0.39 is 0 Å². The second kappa shape index (κ2) is 6.31. The number of rotatable bonds is 2. The lowest BCUT2D eigenvalue weighted by Crippen LogP contribution is -2.46. The molecule has 0 unspecified atom stereocenters. The fourth-order valence-electron chi connectivity index (χ4n) is 4.40. The predicted octanol–water partition coefficient (Wildman–Crippen LogP) is 1.78. The third-order valence-electron chi connectivity index (χ3n) is 5.72. The van der Waals surface area contributed by atoms with Gasteiger partial charge in [-0.1, -0.05) is 0 Å². The Morgan fingerprint density at radius 3 is 2.88 bits per heavy atom. The van der Waals surface area contributed by atoms with Gasteiger partial charge in [-0.2, -0.15) is 5.10 Å². The summed E-state index contributed by atoms with van der Waals surface area (Å²) in [5, 5.41) is 8.54. The molecule has 1 spiro atoms. The molecular formula is C18H26N4O2. The highest BCUT2D eigenvalue weighted by molar-refractivity contribution is 5.81. The summed E-state index contributed by atoms with van der Waals surface area (Å²) in [6.45, 7) is 6.42. The summed E-state index contributed by atoms with van der Waals surface area (Å²) in [6, 6.07) is 4.08. The number of amides is 1. The van der Waals surface area contributed by atoms with Crippen molar-refractivity contribution in [2.45, 2.75) is 45.1 Å². The molecule has 24 heavy (non-hydrogen) atoms. The molecule has 4 rings (SSSR count). The molecule has 3 fully saturated rings. The molecule has 0 radical (unpaired) electrons. The average molecular weight is 330 g/mol. The molecule has 1 aromatic heterocycles. The molecule has 0 aliphatic carbocycles. The molecule has 2 atom stereocenters. The van der Waals surface area contributed by atoms with Gasteiger partial charge < -0.3 is 14.5 Å². The van der Waals surface area contributed by atoms with E-state index in [0.717, 1.165) is 70.0 Å². The molecule has 6 heteroatoms. The van der Waals surface area contributed by atoms with Crippen LogP contribution in [0.15, 0.2) is 12.1 Å². The molecule has 1 amide bonds. The van der Waals surface area contributed by atoms with Gasteiger partial charge in [0.2, 0.25) is 0 Å². The Labute approximate surface area is 143 Å². The molecule has 0 bridgehead atoms. The van der Waals surface area contributed by atoms with Crippen molar-refractivity contribution in [3.05, 3.63) is 17.8 Å². The van der Waals surface area contributed by atoms with Gasteiger partial charge in [0.15, 0.2) is 5.82 Å². The van der Waals surface area contributed by atoms with Gasteiger partial charge in [0.1, 0.15) is 6.10 Å². The van der Waals surface area contributed by atoms with Crippen molar-refractivity contribution in [3.8, 4) is 0 Å². The zero-order chi connectivity index (χ0) is 16.6. The summed E-state index contributed by atoms with van der Waals surface area (Å²) in [7, 11) is 0. The maximum atomic E-state index is 12.6. The fraction of sp³-hybridized carbons (Fsp3) is 0.722. The number of nitrogens with zero attached hydrogens (tertiary/aromatic N) is 4. The summed E-state index contributed by atoms with van der Waals surface area (Å²) >= 11 is 0. The maximum absolute atomic E-state index is 12.6. The number of aromatic nitrogens is 2. The second-order valence-corrected chi connectivity index (χ2v) is 7.57. The number of carbonyl (C=O) groups is 1. The van der Waals surface area contributed by atoms with E-state index in [-0.39, 0.29) is 17.4 Å². The van der Waals surface area contributed by atoms with Crippen LogP contribution in [0.3, 0.4) is 0 Å². The molecule has 6 nitrogen and oxygen atoms in total. The Morgan fingerprint density at radius 2 is 2.12 bits per heavy atom. The summed E-state index contributed by atoms with van der Waals surface area (Å²) < 4.78 is 5.58. The van der Waals surface area contributed by atoms with E-state index in [1.807, 2.05) is 17.9 Å². The smallest absolute Gasteiger partial charge is 0.251 e. The molecule has 3 aliphatic heterocycles. The number of ether oxygens (including phenoxy) is 1. The lowest BCUT2D eigenvalue weighted by Gasteiger charge is -2.40. The van der Waals surface area contributed by atoms with E-state index in [9.17, 15) is 4.79 Å². The minimum Gasteiger partial charge on any atom is -0.368 e. The van der Waals surface area contributed by atoms with Gasteiger partial charge in [-0.3, -0.25) is 4.79 Å². The summed E-state index contributed by atoms with van der Waals surface area (Å²) in [5.74, 6) is 1.17. The minimum absolute atomic E-state index is 0.192. The normalized spacial score (nSPS) is 30.3. The molecule has 0 saturated carbocycles. The largest absolute Gasteiger partial charge is 0.368 e. The first-order valence-electron chi connectivity index (χ1n) is 9.11.